The minimum absolute atomic E-state index is 0.0175. The maximum atomic E-state index is 13.3. The fraction of sp³-hybridized carbons (Fsp3) is 0.364. The normalized spacial score (nSPS) is 12.0. The van der Waals surface area contributed by atoms with Gasteiger partial charge in [0.15, 0.2) is 11.6 Å². The molecule has 1 aromatic rings. The fourth-order valence-electron chi connectivity index (χ4n) is 1.41. The first-order chi connectivity index (χ1) is 7.60. The number of methoxy groups -OCH3 is 2. The summed E-state index contributed by atoms with van der Waals surface area (Å²) >= 11 is 0. The molecule has 0 saturated carbocycles. The van der Waals surface area contributed by atoms with Crippen LogP contribution >= 0.6 is 0 Å². The highest BCUT2D eigenvalue weighted by Crippen LogP contribution is 2.28. The molecule has 1 atom stereocenters. The molecule has 0 saturated heterocycles. The van der Waals surface area contributed by atoms with E-state index in [2.05, 4.69) is 4.74 Å². The molecule has 16 heavy (non-hydrogen) atoms. The Morgan fingerprint density at radius 2 is 2.19 bits per heavy atom. The molecule has 0 aromatic heterocycles. The summed E-state index contributed by atoms with van der Waals surface area (Å²) in [5, 5.41) is 0. The second-order valence-electron chi connectivity index (χ2n) is 3.25. The number of nitrogens with two attached hydrogens (primary N) is 1. The zero-order valence-electron chi connectivity index (χ0n) is 9.20. The molecule has 0 unspecified atom stereocenters. The van der Waals surface area contributed by atoms with Gasteiger partial charge in [0.05, 0.1) is 20.6 Å². The Hall–Kier alpha value is -1.62. The van der Waals surface area contributed by atoms with E-state index in [0.717, 1.165) is 0 Å². The molecule has 88 valence electrons. The molecule has 0 heterocycles. The fourth-order valence-corrected chi connectivity index (χ4v) is 1.41. The molecule has 0 aliphatic rings. The van der Waals surface area contributed by atoms with E-state index in [4.69, 9.17) is 10.5 Å². The van der Waals surface area contributed by atoms with Gasteiger partial charge in [-0.15, -0.1) is 0 Å². The number of carbonyl (C=O) groups is 1. The summed E-state index contributed by atoms with van der Waals surface area (Å²) < 4.78 is 22.7. The van der Waals surface area contributed by atoms with Crippen molar-refractivity contribution in [2.45, 2.75) is 12.5 Å². The van der Waals surface area contributed by atoms with Crippen molar-refractivity contribution >= 4 is 5.97 Å². The smallest absolute Gasteiger partial charge is 0.307 e. The average Bonchev–Trinajstić information content (AvgIpc) is 2.28. The van der Waals surface area contributed by atoms with Crippen LogP contribution in [0.15, 0.2) is 18.2 Å². The molecule has 4 nitrogen and oxygen atoms in total. The third kappa shape index (κ3) is 2.70. The van der Waals surface area contributed by atoms with Gasteiger partial charge < -0.3 is 15.2 Å². The highest BCUT2D eigenvalue weighted by molar-refractivity contribution is 5.70. The molecule has 0 fully saturated rings. The number of hydrogen-bond donors (Lipinski definition) is 1. The Balaban J connectivity index is 2.94. The molecule has 1 rings (SSSR count). The van der Waals surface area contributed by atoms with Crippen molar-refractivity contribution in [2.24, 2.45) is 5.73 Å². The molecule has 1 aromatic carbocycles. The van der Waals surface area contributed by atoms with Gasteiger partial charge in [-0.3, -0.25) is 4.79 Å². The average molecular weight is 227 g/mol. The number of benzene rings is 1. The lowest BCUT2D eigenvalue weighted by Gasteiger charge is -2.14. The van der Waals surface area contributed by atoms with Crippen molar-refractivity contribution in [3.63, 3.8) is 0 Å². The van der Waals surface area contributed by atoms with E-state index in [1.165, 1.54) is 26.4 Å². The van der Waals surface area contributed by atoms with Crippen molar-refractivity contribution in [1.29, 1.82) is 0 Å². The Morgan fingerprint density at radius 1 is 1.50 bits per heavy atom. The standard InChI is InChI=1S/C11H14FNO3/c1-15-10(14)6-9(13)7-4-3-5-8(12)11(7)16-2/h3-5,9H,6,13H2,1-2H3/t9-/m1/s1. The highest BCUT2D eigenvalue weighted by atomic mass is 19.1. The van der Waals surface area contributed by atoms with E-state index in [-0.39, 0.29) is 12.2 Å². The van der Waals surface area contributed by atoms with Crippen LogP contribution in [0.3, 0.4) is 0 Å². The number of hydrogen-bond acceptors (Lipinski definition) is 4. The van der Waals surface area contributed by atoms with Crippen LogP contribution in [0.5, 0.6) is 5.75 Å². The lowest BCUT2D eigenvalue weighted by molar-refractivity contribution is -0.141. The number of rotatable bonds is 4. The summed E-state index contributed by atoms with van der Waals surface area (Å²) in [6.07, 6.45) is -0.0175. The molecule has 0 amide bonds. The first kappa shape index (κ1) is 12.4. The maximum absolute atomic E-state index is 13.3. The van der Waals surface area contributed by atoms with E-state index in [1.54, 1.807) is 6.07 Å². The predicted molar refractivity (Wildman–Crippen MR) is 56.5 cm³/mol. The third-order valence-corrected chi connectivity index (χ3v) is 2.22. The van der Waals surface area contributed by atoms with Crippen LogP contribution < -0.4 is 10.5 Å². The second kappa shape index (κ2) is 5.46. The van der Waals surface area contributed by atoms with Crippen LogP contribution in [0, 0.1) is 5.82 Å². The number of esters is 1. The largest absolute Gasteiger partial charge is 0.493 e. The Kier molecular flexibility index (Phi) is 4.25. The van der Waals surface area contributed by atoms with Gasteiger partial charge >= 0.3 is 5.97 Å². The van der Waals surface area contributed by atoms with Gasteiger partial charge in [-0.2, -0.15) is 0 Å². The van der Waals surface area contributed by atoms with E-state index >= 15 is 0 Å². The Morgan fingerprint density at radius 3 is 2.75 bits per heavy atom. The van der Waals surface area contributed by atoms with Gasteiger partial charge in [0.2, 0.25) is 0 Å². The van der Waals surface area contributed by atoms with Crippen LogP contribution in [-0.2, 0) is 9.53 Å². The van der Waals surface area contributed by atoms with Crippen LogP contribution in [0.4, 0.5) is 4.39 Å². The first-order valence-corrected chi connectivity index (χ1v) is 4.75. The van der Waals surface area contributed by atoms with Gasteiger partial charge in [-0.05, 0) is 6.07 Å². The van der Waals surface area contributed by atoms with Gasteiger partial charge in [0.25, 0.3) is 0 Å². The zero-order chi connectivity index (χ0) is 12.1. The van der Waals surface area contributed by atoms with Crippen molar-refractivity contribution in [2.75, 3.05) is 14.2 Å². The van der Waals surface area contributed by atoms with Crippen LogP contribution in [0.2, 0.25) is 0 Å². The second-order valence-corrected chi connectivity index (χ2v) is 3.25. The maximum Gasteiger partial charge on any atom is 0.307 e. The molecule has 5 heteroatoms. The molecule has 0 aliphatic carbocycles. The van der Waals surface area contributed by atoms with Gasteiger partial charge in [-0.25, -0.2) is 4.39 Å². The van der Waals surface area contributed by atoms with E-state index in [9.17, 15) is 9.18 Å². The van der Waals surface area contributed by atoms with Crippen molar-refractivity contribution in [3.05, 3.63) is 29.6 Å². The summed E-state index contributed by atoms with van der Waals surface area (Å²) in [4.78, 5) is 11.0. The number of ether oxygens (including phenoxy) is 2. The molecule has 0 radical (unpaired) electrons. The summed E-state index contributed by atoms with van der Waals surface area (Å²) in [5.74, 6) is -0.877. The minimum Gasteiger partial charge on any atom is -0.493 e. The topological polar surface area (TPSA) is 61.5 Å². The summed E-state index contributed by atoms with van der Waals surface area (Å²) in [6.45, 7) is 0. The highest BCUT2D eigenvalue weighted by Gasteiger charge is 2.18. The Labute approximate surface area is 93.2 Å². The van der Waals surface area contributed by atoms with E-state index in [0.29, 0.717) is 5.56 Å². The zero-order valence-corrected chi connectivity index (χ0v) is 9.20. The number of halogens is 1. The molecular formula is C11H14FNO3. The van der Waals surface area contributed by atoms with Crippen LogP contribution in [-0.4, -0.2) is 20.2 Å². The molecular weight excluding hydrogens is 213 g/mol. The van der Waals surface area contributed by atoms with Crippen molar-refractivity contribution < 1.29 is 18.7 Å². The first-order valence-electron chi connectivity index (χ1n) is 4.75. The predicted octanol–water partition coefficient (Wildman–Crippen LogP) is 1.40. The summed E-state index contributed by atoms with van der Waals surface area (Å²) in [6, 6.07) is 3.77. The minimum atomic E-state index is -0.641. The molecule has 2 N–H and O–H groups in total. The summed E-state index contributed by atoms with van der Waals surface area (Å²) in [7, 11) is 2.63. The molecule has 0 aliphatic heterocycles. The van der Waals surface area contributed by atoms with Crippen LogP contribution in [0.25, 0.3) is 0 Å². The van der Waals surface area contributed by atoms with Crippen LogP contribution in [0.1, 0.15) is 18.0 Å². The van der Waals surface area contributed by atoms with Gasteiger partial charge in [0, 0.05) is 11.6 Å². The monoisotopic (exact) mass is 227 g/mol. The van der Waals surface area contributed by atoms with Crippen molar-refractivity contribution in [1.82, 2.24) is 0 Å². The van der Waals surface area contributed by atoms with Gasteiger partial charge in [0.1, 0.15) is 0 Å². The Bertz CT molecular complexity index is 381. The SMILES string of the molecule is COC(=O)C[C@@H](N)c1cccc(F)c1OC. The quantitative estimate of drug-likeness (QED) is 0.790. The molecule has 0 spiro atoms. The van der Waals surface area contributed by atoms with E-state index in [1.807, 2.05) is 0 Å². The van der Waals surface area contributed by atoms with Crippen molar-refractivity contribution in [3.8, 4) is 5.75 Å². The summed E-state index contributed by atoms with van der Waals surface area (Å²) in [5.41, 5.74) is 6.22. The molecule has 0 bridgehead atoms. The van der Waals surface area contributed by atoms with E-state index < -0.39 is 17.8 Å². The third-order valence-electron chi connectivity index (χ3n) is 2.22. The lowest BCUT2D eigenvalue weighted by Crippen LogP contribution is -2.17. The van der Waals surface area contributed by atoms with Gasteiger partial charge in [-0.1, -0.05) is 12.1 Å². The lowest BCUT2D eigenvalue weighted by atomic mass is 10.0. The number of para-hydroxylation sites is 1. The number of carbonyl (C=O) groups excluding carboxylic acids is 1.